The summed E-state index contributed by atoms with van der Waals surface area (Å²) in [5, 5.41) is 0. The molecule has 0 bridgehead atoms. The highest BCUT2D eigenvalue weighted by Crippen LogP contribution is 2.14. The lowest BCUT2D eigenvalue weighted by Crippen LogP contribution is -2.09. The molecule has 104 valence electrons. The highest BCUT2D eigenvalue weighted by molar-refractivity contribution is 5.83. The van der Waals surface area contributed by atoms with Gasteiger partial charge in [-0.05, 0) is 41.8 Å². The van der Waals surface area contributed by atoms with E-state index < -0.39 is 17.5 Å². The summed E-state index contributed by atoms with van der Waals surface area (Å²) in [6, 6.07) is 7.32. The van der Waals surface area contributed by atoms with Crippen molar-refractivity contribution in [3.63, 3.8) is 0 Å². The van der Waals surface area contributed by atoms with Crippen molar-refractivity contribution in [3.05, 3.63) is 70.5 Å². The van der Waals surface area contributed by atoms with Crippen molar-refractivity contribution in [3.8, 4) is 0 Å². The molecular formula is C16H13F3O. The highest BCUT2D eigenvalue weighted by Gasteiger charge is 2.11. The molecule has 0 spiro atoms. The van der Waals surface area contributed by atoms with Crippen molar-refractivity contribution in [1.29, 1.82) is 0 Å². The normalized spacial score (nSPS) is 10.6. The van der Waals surface area contributed by atoms with Crippen LogP contribution in [0.2, 0.25) is 0 Å². The van der Waals surface area contributed by atoms with Crippen LogP contribution in [0.1, 0.15) is 16.7 Å². The molecule has 0 aliphatic carbocycles. The molecule has 0 radical (unpaired) electrons. The number of ketones is 1. The summed E-state index contributed by atoms with van der Waals surface area (Å²) in [4.78, 5) is 11.9. The van der Waals surface area contributed by atoms with Gasteiger partial charge in [0.05, 0.1) is 0 Å². The molecule has 2 aromatic carbocycles. The molecule has 1 nitrogen and oxygen atoms in total. The summed E-state index contributed by atoms with van der Waals surface area (Å²) < 4.78 is 39.3. The fourth-order valence-electron chi connectivity index (χ4n) is 1.98. The molecule has 0 heterocycles. The zero-order chi connectivity index (χ0) is 14.7. The first-order chi connectivity index (χ1) is 9.45. The largest absolute Gasteiger partial charge is 0.299 e. The number of halogens is 3. The third-order valence-electron chi connectivity index (χ3n) is 3.10. The van der Waals surface area contributed by atoms with Gasteiger partial charge in [-0.25, -0.2) is 13.2 Å². The molecule has 20 heavy (non-hydrogen) atoms. The van der Waals surface area contributed by atoms with E-state index in [-0.39, 0.29) is 24.2 Å². The van der Waals surface area contributed by atoms with Crippen LogP contribution in [0.25, 0.3) is 0 Å². The van der Waals surface area contributed by atoms with Gasteiger partial charge in [0.15, 0.2) is 0 Å². The topological polar surface area (TPSA) is 17.1 Å². The number of hydrogen-bond donors (Lipinski definition) is 0. The van der Waals surface area contributed by atoms with Crippen molar-refractivity contribution in [2.45, 2.75) is 19.8 Å². The second kappa shape index (κ2) is 5.90. The zero-order valence-corrected chi connectivity index (χ0v) is 10.9. The van der Waals surface area contributed by atoms with E-state index in [1.54, 1.807) is 13.0 Å². The van der Waals surface area contributed by atoms with E-state index in [4.69, 9.17) is 0 Å². The first-order valence-corrected chi connectivity index (χ1v) is 6.16. The molecule has 0 N–H and O–H groups in total. The maximum Gasteiger partial charge on any atom is 0.141 e. The van der Waals surface area contributed by atoms with Crippen LogP contribution in [0.4, 0.5) is 13.2 Å². The van der Waals surface area contributed by atoms with E-state index in [0.29, 0.717) is 5.56 Å². The van der Waals surface area contributed by atoms with Gasteiger partial charge in [0.1, 0.15) is 23.2 Å². The smallest absolute Gasteiger partial charge is 0.141 e. The summed E-state index contributed by atoms with van der Waals surface area (Å²) in [7, 11) is 0. The molecule has 0 saturated carbocycles. The number of benzene rings is 2. The second-order valence-corrected chi connectivity index (χ2v) is 4.70. The van der Waals surface area contributed by atoms with Crippen LogP contribution in [0, 0.1) is 24.4 Å². The van der Waals surface area contributed by atoms with Crippen molar-refractivity contribution < 1.29 is 18.0 Å². The van der Waals surface area contributed by atoms with Gasteiger partial charge in [-0.1, -0.05) is 12.1 Å². The quantitative estimate of drug-likeness (QED) is 0.832. The second-order valence-electron chi connectivity index (χ2n) is 4.70. The molecule has 4 heteroatoms. The summed E-state index contributed by atoms with van der Waals surface area (Å²) >= 11 is 0. The van der Waals surface area contributed by atoms with E-state index in [1.165, 1.54) is 18.2 Å². The molecule has 0 aliphatic heterocycles. The Bertz CT molecular complexity index is 650. The van der Waals surface area contributed by atoms with Crippen molar-refractivity contribution in [2.75, 3.05) is 0 Å². The molecule has 0 saturated heterocycles. The SMILES string of the molecule is Cc1ccc(F)cc1CC(=O)Cc1ccc(F)cc1F. The fraction of sp³-hybridized carbons (Fsp3) is 0.188. The molecule has 0 aromatic heterocycles. The Morgan fingerprint density at radius 1 is 0.900 bits per heavy atom. The van der Waals surface area contributed by atoms with Crippen LogP contribution in [-0.4, -0.2) is 5.78 Å². The molecule has 2 rings (SSSR count). The van der Waals surface area contributed by atoms with Crippen molar-refractivity contribution >= 4 is 5.78 Å². The van der Waals surface area contributed by atoms with Crippen LogP contribution in [-0.2, 0) is 17.6 Å². The maximum absolute atomic E-state index is 13.4. The monoisotopic (exact) mass is 278 g/mol. The number of rotatable bonds is 4. The van der Waals surface area contributed by atoms with Gasteiger partial charge in [0, 0.05) is 18.9 Å². The summed E-state index contributed by atoms with van der Waals surface area (Å²) in [5.74, 6) is -2.08. The lowest BCUT2D eigenvalue weighted by atomic mass is 9.99. The average Bonchev–Trinajstić information content (AvgIpc) is 2.37. The lowest BCUT2D eigenvalue weighted by Gasteiger charge is -2.06. The molecular weight excluding hydrogens is 265 g/mol. The summed E-state index contributed by atoms with van der Waals surface area (Å²) in [6.45, 7) is 1.78. The number of carbonyl (C=O) groups excluding carboxylic acids is 1. The van der Waals surface area contributed by atoms with Gasteiger partial charge in [-0.15, -0.1) is 0 Å². The number of carbonyl (C=O) groups is 1. The lowest BCUT2D eigenvalue weighted by molar-refractivity contribution is -0.117. The highest BCUT2D eigenvalue weighted by atomic mass is 19.1. The van der Waals surface area contributed by atoms with Gasteiger partial charge >= 0.3 is 0 Å². The number of Topliss-reactive ketones (excluding diaryl/α,β-unsaturated/α-hetero) is 1. The Labute approximate surface area is 115 Å². The molecule has 0 aliphatic rings. The van der Waals surface area contributed by atoms with E-state index in [2.05, 4.69) is 0 Å². The number of aryl methyl sites for hydroxylation is 1. The Morgan fingerprint density at radius 3 is 2.20 bits per heavy atom. The Hall–Kier alpha value is -2.10. The minimum absolute atomic E-state index is 0.0282. The Kier molecular flexibility index (Phi) is 4.23. The first kappa shape index (κ1) is 14.3. The third-order valence-corrected chi connectivity index (χ3v) is 3.10. The standard InChI is InChI=1S/C16H13F3O/c1-10-2-4-13(17)6-12(10)8-15(20)7-11-3-5-14(18)9-16(11)19/h2-6,9H,7-8H2,1H3. The van der Waals surface area contributed by atoms with Crippen LogP contribution in [0.5, 0.6) is 0 Å². The van der Waals surface area contributed by atoms with Gasteiger partial charge in [0.2, 0.25) is 0 Å². The van der Waals surface area contributed by atoms with Crippen molar-refractivity contribution in [1.82, 2.24) is 0 Å². The van der Waals surface area contributed by atoms with E-state index in [9.17, 15) is 18.0 Å². The zero-order valence-electron chi connectivity index (χ0n) is 10.9. The van der Waals surface area contributed by atoms with E-state index in [1.807, 2.05) is 0 Å². The third kappa shape index (κ3) is 3.47. The van der Waals surface area contributed by atoms with Gasteiger partial charge < -0.3 is 0 Å². The van der Waals surface area contributed by atoms with Gasteiger partial charge in [-0.2, -0.15) is 0 Å². The maximum atomic E-state index is 13.4. The van der Waals surface area contributed by atoms with Crippen LogP contribution in [0.3, 0.4) is 0 Å². The van der Waals surface area contributed by atoms with E-state index in [0.717, 1.165) is 17.7 Å². The Morgan fingerprint density at radius 2 is 1.50 bits per heavy atom. The Balaban J connectivity index is 2.11. The minimum atomic E-state index is -0.741. The molecule has 0 amide bonds. The van der Waals surface area contributed by atoms with Crippen LogP contribution < -0.4 is 0 Å². The number of hydrogen-bond acceptors (Lipinski definition) is 1. The molecule has 0 unspecified atom stereocenters. The molecule has 0 fully saturated rings. The van der Waals surface area contributed by atoms with Crippen LogP contribution in [0.15, 0.2) is 36.4 Å². The molecule has 0 atom stereocenters. The summed E-state index contributed by atoms with van der Waals surface area (Å²) in [6.07, 6.45) is -0.109. The molecule has 2 aromatic rings. The predicted octanol–water partition coefficient (Wildman–Crippen LogP) is 3.77. The predicted molar refractivity (Wildman–Crippen MR) is 69.9 cm³/mol. The van der Waals surface area contributed by atoms with Crippen LogP contribution >= 0.6 is 0 Å². The first-order valence-electron chi connectivity index (χ1n) is 6.16. The fourth-order valence-corrected chi connectivity index (χ4v) is 1.98. The van der Waals surface area contributed by atoms with Crippen molar-refractivity contribution in [2.24, 2.45) is 0 Å². The van der Waals surface area contributed by atoms with Gasteiger partial charge in [-0.3, -0.25) is 4.79 Å². The van der Waals surface area contributed by atoms with E-state index >= 15 is 0 Å². The minimum Gasteiger partial charge on any atom is -0.299 e. The average molecular weight is 278 g/mol. The van der Waals surface area contributed by atoms with Gasteiger partial charge in [0.25, 0.3) is 0 Å². The summed E-state index contributed by atoms with van der Waals surface area (Å²) in [5.41, 5.74) is 1.53.